The molecule has 0 aliphatic heterocycles. The van der Waals surface area contributed by atoms with Crippen molar-refractivity contribution in [2.24, 2.45) is 5.73 Å². The fraction of sp³-hybridized carbons (Fsp3) is 0.294. The van der Waals surface area contributed by atoms with Gasteiger partial charge in [-0.05, 0) is 40.7 Å². The van der Waals surface area contributed by atoms with Gasteiger partial charge in [0, 0.05) is 0 Å². The lowest BCUT2D eigenvalue weighted by Crippen LogP contribution is -2.25. The number of rotatable bonds is 3. The van der Waals surface area contributed by atoms with Gasteiger partial charge in [0.2, 0.25) is 0 Å². The molecule has 0 fully saturated rings. The fourth-order valence-corrected chi connectivity index (χ4v) is 2.85. The highest BCUT2D eigenvalue weighted by atomic mass is 35.5. The highest BCUT2D eigenvalue weighted by molar-refractivity contribution is 5.85. The largest absolute Gasteiger partial charge is 0.391 e. The van der Waals surface area contributed by atoms with Crippen molar-refractivity contribution in [1.29, 1.82) is 0 Å². The quantitative estimate of drug-likeness (QED) is 0.776. The van der Waals surface area contributed by atoms with E-state index >= 15 is 0 Å². The molecule has 0 spiro atoms. The number of nitrogens with two attached hydrogens (primary N) is 1. The van der Waals surface area contributed by atoms with Crippen LogP contribution in [0.15, 0.2) is 42.5 Å². The van der Waals surface area contributed by atoms with Crippen molar-refractivity contribution in [2.75, 3.05) is 0 Å². The normalized spacial score (nSPS) is 14.9. The van der Waals surface area contributed by atoms with Crippen LogP contribution in [0, 0.1) is 0 Å². The van der Waals surface area contributed by atoms with E-state index in [9.17, 15) is 5.11 Å². The molecule has 1 aliphatic rings. The van der Waals surface area contributed by atoms with Gasteiger partial charge in [-0.3, -0.25) is 0 Å². The van der Waals surface area contributed by atoms with Gasteiger partial charge in [0.25, 0.3) is 0 Å². The highest BCUT2D eigenvalue weighted by Gasteiger charge is 2.21. The minimum atomic E-state index is -0.471. The molecule has 1 aliphatic carbocycles. The van der Waals surface area contributed by atoms with Crippen molar-refractivity contribution >= 4 is 12.4 Å². The molecular formula is C17H20ClNO. The van der Waals surface area contributed by atoms with Gasteiger partial charge in [-0.1, -0.05) is 49.4 Å². The van der Waals surface area contributed by atoms with Crippen molar-refractivity contribution < 1.29 is 5.11 Å². The number of aliphatic hydroxyl groups is 1. The number of benzene rings is 2. The van der Waals surface area contributed by atoms with Crippen molar-refractivity contribution in [3.8, 4) is 11.1 Å². The van der Waals surface area contributed by atoms with Gasteiger partial charge in [-0.2, -0.15) is 0 Å². The Hall–Kier alpha value is -1.35. The summed E-state index contributed by atoms with van der Waals surface area (Å²) in [5, 5.41) is 9.88. The van der Waals surface area contributed by atoms with Gasteiger partial charge in [-0.25, -0.2) is 0 Å². The first-order valence-corrected chi connectivity index (χ1v) is 6.85. The maximum absolute atomic E-state index is 9.88. The standard InChI is InChI=1S/C17H19NO.ClH/c1-2-16(19)17(18)12-7-8-15-13(10-12)9-11-5-3-4-6-14(11)15;/h3-8,10,16-17,19H,2,9,18H2,1H3;1H/t16-,17+;/m1./s1. The molecule has 3 heteroatoms. The molecule has 0 amide bonds. The van der Waals surface area contributed by atoms with Crippen molar-refractivity contribution in [3.05, 3.63) is 59.2 Å². The second-order valence-electron chi connectivity index (χ2n) is 5.25. The summed E-state index contributed by atoms with van der Waals surface area (Å²) in [4.78, 5) is 0. The SMILES string of the molecule is CC[C@@H](O)[C@@H](N)c1ccc2c(c1)Cc1ccccc1-2.Cl. The molecular weight excluding hydrogens is 270 g/mol. The van der Waals surface area contributed by atoms with E-state index < -0.39 is 6.10 Å². The van der Waals surface area contributed by atoms with E-state index in [-0.39, 0.29) is 18.4 Å². The van der Waals surface area contributed by atoms with E-state index in [1.165, 1.54) is 22.3 Å². The summed E-state index contributed by atoms with van der Waals surface area (Å²) in [5.74, 6) is 0. The third-order valence-electron chi connectivity index (χ3n) is 4.04. The third-order valence-corrected chi connectivity index (χ3v) is 4.04. The lowest BCUT2D eigenvalue weighted by molar-refractivity contribution is 0.140. The Morgan fingerprint density at radius 3 is 2.55 bits per heavy atom. The molecule has 0 radical (unpaired) electrons. The minimum Gasteiger partial charge on any atom is -0.391 e. The van der Waals surface area contributed by atoms with Gasteiger partial charge in [0.05, 0.1) is 12.1 Å². The second-order valence-corrected chi connectivity index (χ2v) is 5.25. The van der Waals surface area contributed by atoms with Crippen LogP contribution in [0.4, 0.5) is 0 Å². The van der Waals surface area contributed by atoms with Crippen LogP contribution in [0.5, 0.6) is 0 Å². The molecule has 2 nitrogen and oxygen atoms in total. The van der Waals surface area contributed by atoms with E-state index in [1.807, 2.05) is 13.0 Å². The van der Waals surface area contributed by atoms with E-state index in [0.29, 0.717) is 6.42 Å². The Labute approximate surface area is 126 Å². The molecule has 0 saturated heterocycles. The summed E-state index contributed by atoms with van der Waals surface area (Å²) in [6.07, 6.45) is 1.18. The summed E-state index contributed by atoms with van der Waals surface area (Å²) in [6, 6.07) is 14.5. The number of hydrogen-bond acceptors (Lipinski definition) is 2. The van der Waals surface area contributed by atoms with Crippen LogP contribution in [-0.2, 0) is 6.42 Å². The summed E-state index contributed by atoms with van der Waals surface area (Å²) in [6.45, 7) is 1.95. The average Bonchev–Trinajstić information content (AvgIpc) is 2.83. The molecule has 20 heavy (non-hydrogen) atoms. The zero-order chi connectivity index (χ0) is 13.4. The average molecular weight is 290 g/mol. The summed E-state index contributed by atoms with van der Waals surface area (Å²) in [5.41, 5.74) is 12.4. The van der Waals surface area contributed by atoms with E-state index in [0.717, 1.165) is 12.0 Å². The Bertz CT molecular complexity index is 612. The molecule has 0 bridgehead atoms. The van der Waals surface area contributed by atoms with Crippen molar-refractivity contribution in [3.63, 3.8) is 0 Å². The molecule has 0 unspecified atom stereocenters. The molecule has 0 saturated carbocycles. The van der Waals surface area contributed by atoms with E-state index in [1.54, 1.807) is 0 Å². The smallest absolute Gasteiger partial charge is 0.0730 e. The van der Waals surface area contributed by atoms with Crippen LogP contribution in [0.25, 0.3) is 11.1 Å². The van der Waals surface area contributed by atoms with Crippen LogP contribution in [0.1, 0.15) is 36.1 Å². The third kappa shape index (κ3) is 2.47. The minimum absolute atomic E-state index is 0. The molecule has 106 valence electrons. The summed E-state index contributed by atoms with van der Waals surface area (Å²) in [7, 11) is 0. The van der Waals surface area contributed by atoms with Crippen LogP contribution < -0.4 is 5.73 Å². The van der Waals surface area contributed by atoms with E-state index in [4.69, 9.17) is 5.73 Å². The molecule has 0 heterocycles. The molecule has 3 N–H and O–H groups in total. The van der Waals surface area contributed by atoms with Crippen LogP contribution in [0.2, 0.25) is 0 Å². The topological polar surface area (TPSA) is 46.2 Å². The Kier molecular flexibility index (Phi) is 4.48. The number of fused-ring (bicyclic) bond motifs is 3. The summed E-state index contributed by atoms with van der Waals surface area (Å²) < 4.78 is 0. The lowest BCUT2D eigenvalue weighted by Gasteiger charge is -2.18. The fourth-order valence-electron chi connectivity index (χ4n) is 2.85. The van der Waals surface area contributed by atoms with Crippen molar-refractivity contribution in [2.45, 2.75) is 31.9 Å². The van der Waals surface area contributed by atoms with Gasteiger partial charge in [-0.15, -0.1) is 12.4 Å². The van der Waals surface area contributed by atoms with Gasteiger partial charge in [0.1, 0.15) is 0 Å². The van der Waals surface area contributed by atoms with Crippen LogP contribution in [0.3, 0.4) is 0 Å². The number of halogens is 1. The van der Waals surface area contributed by atoms with E-state index in [2.05, 4.69) is 36.4 Å². The van der Waals surface area contributed by atoms with Crippen LogP contribution >= 0.6 is 12.4 Å². The summed E-state index contributed by atoms with van der Waals surface area (Å²) >= 11 is 0. The van der Waals surface area contributed by atoms with Gasteiger partial charge in [0.15, 0.2) is 0 Å². The second kappa shape index (κ2) is 5.96. The Morgan fingerprint density at radius 1 is 1.10 bits per heavy atom. The zero-order valence-electron chi connectivity index (χ0n) is 11.5. The Balaban J connectivity index is 0.00000147. The number of hydrogen-bond donors (Lipinski definition) is 2. The first kappa shape index (κ1) is 15.0. The maximum atomic E-state index is 9.88. The highest BCUT2D eigenvalue weighted by Crippen LogP contribution is 2.37. The molecule has 2 atom stereocenters. The maximum Gasteiger partial charge on any atom is 0.0730 e. The van der Waals surface area contributed by atoms with Crippen LogP contribution in [-0.4, -0.2) is 11.2 Å². The monoisotopic (exact) mass is 289 g/mol. The molecule has 3 rings (SSSR count). The predicted octanol–water partition coefficient (Wildman–Crippen LogP) is 3.45. The van der Waals surface area contributed by atoms with Gasteiger partial charge < -0.3 is 10.8 Å². The lowest BCUT2D eigenvalue weighted by atomic mass is 9.96. The predicted molar refractivity (Wildman–Crippen MR) is 85.2 cm³/mol. The first-order chi connectivity index (χ1) is 9.20. The molecule has 0 aromatic heterocycles. The molecule has 2 aromatic carbocycles. The molecule has 2 aromatic rings. The number of aliphatic hydroxyl groups excluding tert-OH is 1. The first-order valence-electron chi connectivity index (χ1n) is 6.85. The Morgan fingerprint density at radius 2 is 1.80 bits per heavy atom. The van der Waals surface area contributed by atoms with Gasteiger partial charge >= 0.3 is 0 Å². The zero-order valence-corrected chi connectivity index (χ0v) is 12.4. The van der Waals surface area contributed by atoms with Crippen molar-refractivity contribution in [1.82, 2.24) is 0 Å².